The van der Waals surface area contributed by atoms with Crippen molar-refractivity contribution in [3.8, 4) is 11.5 Å². The first-order chi connectivity index (χ1) is 19.2. The van der Waals surface area contributed by atoms with Gasteiger partial charge in [-0.25, -0.2) is 0 Å². The predicted molar refractivity (Wildman–Crippen MR) is 153 cm³/mol. The molecular formula is C31H31N3O6. The summed E-state index contributed by atoms with van der Waals surface area (Å²) < 4.78 is 13.3. The fraction of sp³-hybridized carbons (Fsp3) is 0.258. The molecule has 3 heterocycles. The lowest BCUT2D eigenvalue weighted by Gasteiger charge is -2.21. The van der Waals surface area contributed by atoms with Crippen LogP contribution in [-0.2, 0) is 29.5 Å². The summed E-state index contributed by atoms with van der Waals surface area (Å²) in [6, 6.07) is 16.4. The zero-order valence-corrected chi connectivity index (χ0v) is 22.9. The highest BCUT2D eigenvalue weighted by atomic mass is 16.5. The molecule has 0 saturated heterocycles. The number of aromatic hydroxyl groups is 1. The summed E-state index contributed by atoms with van der Waals surface area (Å²) in [5, 5.41) is 12.9. The summed E-state index contributed by atoms with van der Waals surface area (Å²) in [6.07, 6.45) is 2.21. The number of para-hydroxylation sites is 1. The van der Waals surface area contributed by atoms with Crippen molar-refractivity contribution in [1.82, 2.24) is 14.1 Å². The summed E-state index contributed by atoms with van der Waals surface area (Å²) in [5.74, 6) is -1.30. The van der Waals surface area contributed by atoms with Crippen molar-refractivity contribution in [2.24, 2.45) is 7.05 Å². The van der Waals surface area contributed by atoms with E-state index in [1.54, 1.807) is 49.9 Å². The molecule has 9 nitrogen and oxygen atoms in total. The second kappa shape index (κ2) is 10.8. The SMILES string of the molecule is COC(=O)C[C@@H](c1c(O)cc(C)n(CCc2c[nH]c3ccccc23)c1=O)c1cc2ccc(OC)cc2n(C)c1=O. The smallest absolute Gasteiger partial charge is 0.306 e. The van der Waals surface area contributed by atoms with E-state index in [0.717, 1.165) is 21.9 Å². The van der Waals surface area contributed by atoms with Crippen LogP contribution in [0.15, 0.2) is 70.4 Å². The quantitative estimate of drug-likeness (QED) is 0.285. The van der Waals surface area contributed by atoms with Gasteiger partial charge in [0.05, 0.1) is 31.7 Å². The second-order valence-electron chi connectivity index (χ2n) is 9.87. The first kappa shape index (κ1) is 26.8. The van der Waals surface area contributed by atoms with E-state index in [4.69, 9.17) is 9.47 Å². The fourth-order valence-corrected chi connectivity index (χ4v) is 5.41. The number of ether oxygens (including phenoxy) is 2. The van der Waals surface area contributed by atoms with Gasteiger partial charge in [-0.15, -0.1) is 0 Å². The van der Waals surface area contributed by atoms with E-state index < -0.39 is 17.4 Å². The second-order valence-corrected chi connectivity index (χ2v) is 9.87. The van der Waals surface area contributed by atoms with Crippen molar-refractivity contribution in [1.29, 1.82) is 0 Å². The van der Waals surface area contributed by atoms with Gasteiger partial charge >= 0.3 is 5.97 Å². The van der Waals surface area contributed by atoms with Crippen LogP contribution in [-0.4, -0.2) is 39.4 Å². The number of aromatic nitrogens is 3. The van der Waals surface area contributed by atoms with Gasteiger partial charge in [-0.3, -0.25) is 14.4 Å². The number of hydrogen-bond donors (Lipinski definition) is 2. The standard InChI is InChI=1S/C31H31N3O6/c1-18-13-27(35)29(31(38)34(18)12-11-20-17-32-25-8-6-5-7-22(20)25)23(16-28(36)40-4)24-14-19-9-10-21(39-3)15-26(19)33(2)30(24)37/h5-10,13-15,17,23,32,35H,11-12,16H2,1-4H3/t23-/m1/s1. The van der Waals surface area contributed by atoms with Gasteiger partial charge in [0.1, 0.15) is 11.5 Å². The number of rotatable bonds is 8. The van der Waals surface area contributed by atoms with Crippen LogP contribution >= 0.6 is 0 Å². The molecule has 0 radical (unpaired) electrons. The Morgan fingerprint density at radius 2 is 1.82 bits per heavy atom. The first-order valence-electron chi connectivity index (χ1n) is 13.0. The number of aromatic amines is 1. The Morgan fingerprint density at radius 3 is 2.58 bits per heavy atom. The Kier molecular flexibility index (Phi) is 7.21. The highest BCUT2D eigenvalue weighted by molar-refractivity contribution is 5.83. The van der Waals surface area contributed by atoms with Crippen molar-refractivity contribution in [2.75, 3.05) is 14.2 Å². The zero-order valence-electron chi connectivity index (χ0n) is 22.9. The molecule has 0 aliphatic carbocycles. The van der Waals surface area contributed by atoms with Crippen molar-refractivity contribution in [2.45, 2.75) is 32.2 Å². The summed E-state index contributed by atoms with van der Waals surface area (Å²) in [7, 11) is 4.42. The molecule has 5 aromatic rings. The number of pyridine rings is 2. The molecule has 3 aromatic heterocycles. The fourth-order valence-electron chi connectivity index (χ4n) is 5.41. The third-order valence-corrected chi connectivity index (χ3v) is 7.59. The minimum atomic E-state index is -1.02. The number of nitrogens with zero attached hydrogens (tertiary/aromatic N) is 2. The molecular weight excluding hydrogens is 510 g/mol. The third-order valence-electron chi connectivity index (χ3n) is 7.59. The van der Waals surface area contributed by atoms with Crippen LogP contribution in [0, 0.1) is 6.92 Å². The molecule has 1 atom stereocenters. The topological polar surface area (TPSA) is 116 Å². The molecule has 206 valence electrons. The number of nitrogens with one attached hydrogen (secondary N) is 1. The van der Waals surface area contributed by atoms with Gasteiger partial charge in [0.2, 0.25) is 0 Å². The number of fused-ring (bicyclic) bond motifs is 2. The van der Waals surface area contributed by atoms with Gasteiger partial charge in [-0.2, -0.15) is 0 Å². The van der Waals surface area contributed by atoms with Crippen LogP contribution in [0.4, 0.5) is 0 Å². The van der Waals surface area contributed by atoms with Gasteiger partial charge in [0.15, 0.2) is 0 Å². The summed E-state index contributed by atoms with van der Waals surface area (Å²) in [6.45, 7) is 2.10. The molecule has 0 aliphatic rings. The van der Waals surface area contributed by atoms with Gasteiger partial charge in [0.25, 0.3) is 11.1 Å². The molecule has 0 bridgehead atoms. The van der Waals surface area contributed by atoms with E-state index in [-0.39, 0.29) is 28.9 Å². The normalized spacial score (nSPS) is 12.1. The molecule has 0 unspecified atom stereocenters. The van der Waals surface area contributed by atoms with E-state index in [1.165, 1.54) is 17.7 Å². The molecule has 40 heavy (non-hydrogen) atoms. The number of carbonyl (C=O) groups excluding carboxylic acids is 1. The average molecular weight is 542 g/mol. The van der Waals surface area contributed by atoms with Crippen LogP contribution in [0.1, 0.15) is 34.7 Å². The molecule has 0 aliphatic heterocycles. The number of hydrogen-bond acceptors (Lipinski definition) is 6. The highest BCUT2D eigenvalue weighted by Gasteiger charge is 2.29. The number of H-pyrrole nitrogens is 1. The number of esters is 1. The number of methoxy groups -OCH3 is 2. The molecule has 0 saturated carbocycles. The van der Waals surface area contributed by atoms with Crippen LogP contribution in [0.3, 0.4) is 0 Å². The number of benzene rings is 2. The lowest BCUT2D eigenvalue weighted by molar-refractivity contribution is -0.140. The third kappa shape index (κ3) is 4.75. The molecule has 2 N–H and O–H groups in total. The Morgan fingerprint density at radius 1 is 1.05 bits per heavy atom. The zero-order chi connectivity index (χ0) is 28.6. The van der Waals surface area contributed by atoms with Crippen molar-refractivity contribution >= 4 is 27.8 Å². The van der Waals surface area contributed by atoms with Crippen molar-refractivity contribution in [3.05, 3.63) is 104 Å². The van der Waals surface area contributed by atoms with E-state index in [9.17, 15) is 19.5 Å². The van der Waals surface area contributed by atoms with E-state index in [1.807, 2.05) is 30.5 Å². The van der Waals surface area contributed by atoms with Gasteiger partial charge in [0, 0.05) is 53.9 Å². The van der Waals surface area contributed by atoms with Gasteiger partial charge in [-0.05, 0) is 54.6 Å². The van der Waals surface area contributed by atoms with E-state index in [2.05, 4.69) is 4.98 Å². The maximum atomic E-state index is 14.0. The van der Waals surface area contributed by atoms with Crippen molar-refractivity contribution < 1.29 is 19.4 Å². The van der Waals surface area contributed by atoms with Crippen molar-refractivity contribution in [3.63, 3.8) is 0 Å². The summed E-state index contributed by atoms with van der Waals surface area (Å²) >= 11 is 0. The Hall–Kier alpha value is -4.79. The van der Waals surface area contributed by atoms with E-state index in [0.29, 0.717) is 29.9 Å². The average Bonchev–Trinajstić information content (AvgIpc) is 3.37. The molecule has 2 aromatic carbocycles. The highest BCUT2D eigenvalue weighted by Crippen LogP contribution is 2.33. The van der Waals surface area contributed by atoms with Crippen LogP contribution in [0.2, 0.25) is 0 Å². The summed E-state index contributed by atoms with van der Waals surface area (Å²) in [5.41, 5.74) is 2.63. The number of aryl methyl sites for hydroxylation is 3. The molecule has 0 spiro atoms. The molecule has 0 fully saturated rings. The molecule has 9 heteroatoms. The van der Waals surface area contributed by atoms with Crippen LogP contribution in [0.5, 0.6) is 11.5 Å². The Bertz CT molecular complexity index is 1860. The Balaban J connectivity index is 1.63. The largest absolute Gasteiger partial charge is 0.507 e. The first-order valence-corrected chi connectivity index (χ1v) is 13.0. The predicted octanol–water partition coefficient (Wildman–Crippen LogP) is 4.14. The monoisotopic (exact) mass is 541 g/mol. The number of carbonyl (C=O) groups is 1. The maximum absolute atomic E-state index is 14.0. The maximum Gasteiger partial charge on any atom is 0.306 e. The molecule has 0 amide bonds. The Labute approximate surface area is 230 Å². The minimum absolute atomic E-state index is 0.0140. The lowest BCUT2D eigenvalue weighted by Crippen LogP contribution is -2.32. The molecule has 5 rings (SSSR count). The summed E-state index contributed by atoms with van der Waals surface area (Å²) in [4.78, 5) is 43.4. The van der Waals surface area contributed by atoms with Crippen LogP contribution < -0.4 is 15.9 Å². The lowest BCUT2D eigenvalue weighted by atomic mass is 9.88. The minimum Gasteiger partial charge on any atom is -0.507 e. The van der Waals surface area contributed by atoms with Gasteiger partial charge in [-0.1, -0.05) is 18.2 Å². The van der Waals surface area contributed by atoms with E-state index >= 15 is 0 Å². The van der Waals surface area contributed by atoms with Gasteiger partial charge < -0.3 is 28.7 Å². The van der Waals surface area contributed by atoms with Crippen LogP contribution in [0.25, 0.3) is 21.8 Å².